The minimum Gasteiger partial charge on any atom is -0.341 e. The Morgan fingerprint density at radius 3 is 2.62 bits per heavy atom. The van der Waals surface area contributed by atoms with E-state index in [1.165, 1.54) is 0 Å². The third-order valence-corrected chi connectivity index (χ3v) is 4.70. The molecule has 9 heteroatoms. The van der Waals surface area contributed by atoms with Crippen molar-refractivity contribution >= 4 is 35.0 Å². The highest BCUT2D eigenvalue weighted by atomic mass is 35.5. The summed E-state index contributed by atoms with van der Waals surface area (Å²) < 4.78 is 1.79. The van der Waals surface area contributed by atoms with Crippen LogP contribution in [0.1, 0.15) is 18.9 Å². The molecule has 1 fully saturated rings. The number of benzene rings is 1. The third kappa shape index (κ3) is 4.14. The standard InChI is InChI=1S/C17H21ClN6O2/c18-13-3-1-2-4-14(13)21-17(26)22-15-5-8-20-24(15)12-6-9-23(10-7-12)16(25)11-19/h1-5,8,12H,6-7,9-11,19H2,(H2,21,22,26). The molecule has 0 saturated carbocycles. The number of nitrogens with two attached hydrogens (primary N) is 1. The smallest absolute Gasteiger partial charge is 0.324 e. The second-order valence-electron chi connectivity index (χ2n) is 6.04. The van der Waals surface area contributed by atoms with E-state index in [0.29, 0.717) is 29.6 Å². The number of para-hydroxylation sites is 1. The molecule has 0 atom stereocenters. The molecule has 26 heavy (non-hydrogen) atoms. The maximum Gasteiger partial charge on any atom is 0.324 e. The SMILES string of the molecule is NCC(=O)N1CCC(n2nccc2NC(=O)Nc2ccccc2Cl)CC1. The van der Waals surface area contributed by atoms with Crippen molar-refractivity contribution in [1.82, 2.24) is 14.7 Å². The lowest BCUT2D eigenvalue weighted by molar-refractivity contribution is -0.130. The first-order chi connectivity index (χ1) is 12.6. The first-order valence-corrected chi connectivity index (χ1v) is 8.80. The molecule has 3 rings (SSSR count). The molecule has 1 aromatic carbocycles. The van der Waals surface area contributed by atoms with E-state index in [4.69, 9.17) is 17.3 Å². The van der Waals surface area contributed by atoms with E-state index in [1.54, 1.807) is 46.1 Å². The Morgan fingerprint density at radius 2 is 1.92 bits per heavy atom. The van der Waals surface area contributed by atoms with Crippen LogP contribution in [0.15, 0.2) is 36.5 Å². The Morgan fingerprint density at radius 1 is 1.19 bits per heavy atom. The van der Waals surface area contributed by atoms with Crippen molar-refractivity contribution in [1.29, 1.82) is 0 Å². The van der Waals surface area contributed by atoms with E-state index >= 15 is 0 Å². The molecule has 4 N–H and O–H groups in total. The molecule has 1 aliphatic rings. The fourth-order valence-corrected chi connectivity index (χ4v) is 3.21. The van der Waals surface area contributed by atoms with E-state index in [0.717, 1.165) is 12.8 Å². The Bertz CT molecular complexity index is 785. The van der Waals surface area contributed by atoms with E-state index in [9.17, 15) is 9.59 Å². The highest BCUT2D eigenvalue weighted by Gasteiger charge is 2.25. The summed E-state index contributed by atoms with van der Waals surface area (Å²) in [6.45, 7) is 1.29. The molecular formula is C17H21ClN6O2. The molecule has 3 amide bonds. The number of hydrogen-bond donors (Lipinski definition) is 3. The third-order valence-electron chi connectivity index (χ3n) is 4.37. The second-order valence-corrected chi connectivity index (χ2v) is 6.44. The zero-order chi connectivity index (χ0) is 18.5. The molecule has 2 heterocycles. The zero-order valence-corrected chi connectivity index (χ0v) is 14.9. The molecule has 2 aromatic rings. The van der Waals surface area contributed by atoms with Gasteiger partial charge >= 0.3 is 6.03 Å². The van der Waals surface area contributed by atoms with Gasteiger partial charge in [-0.2, -0.15) is 5.10 Å². The van der Waals surface area contributed by atoms with Gasteiger partial charge in [-0.3, -0.25) is 10.1 Å². The quantitative estimate of drug-likeness (QED) is 0.761. The monoisotopic (exact) mass is 376 g/mol. The van der Waals surface area contributed by atoms with Gasteiger partial charge in [-0.05, 0) is 25.0 Å². The summed E-state index contributed by atoms with van der Waals surface area (Å²) in [4.78, 5) is 25.7. The average Bonchev–Trinajstić information content (AvgIpc) is 3.11. The van der Waals surface area contributed by atoms with Crippen LogP contribution in [-0.2, 0) is 4.79 Å². The van der Waals surface area contributed by atoms with E-state index in [2.05, 4.69) is 15.7 Å². The molecule has 1 saturated heterocycles. The molecule has 0 spiro atoms. The van der Waals surface area contributed by atoms with Gasteiger partial charge in [0.05, 0.1) is 29.5 Å². The van der Waals surface area contributed by atoms with Gasteiger partial charge in [-0.15, -0.1) is 0 Å². The number of aromatic nitrogens is 2. The number of halogens is 1. The lowest BCUT2D eigenvalue weighted by Crippen LogP contribution is -2.42. The van der Waals surface area contributed by atoms with Gasteiger partial charge in [0.25, 0.3) is 0 Å². The predicted molar refractivity (Wildman–Crippen MR) is 100 cm³/mol. The summed E-state index contributed by atoms with van der Waals surface area (Å²) >= 11 is 6.05. The van der Waals surface area contributed by atoms with Gasteiger partial charge in [0.15, 0.2) is 0 Å². The minimum absolute atomic E-state index is 0.0292. The maximum absolute atomic E-state index is 12.3. The molecule has 1 aliphatic heterocycles. The fraction of sp³-hybridized carbons (Fsp3) is 0.353. The summed E-state index contributed by atoms with van der Waals surface area (Å²) in [5, 5.41) is 10.3. The Hall–Kier alpha value is -2.58. The summed E-state index contributed by atoms with van der Waals surface area (Å²) in [6.07, 6.45) is 3.16. The van der Waals surface area contributed by atoms with Crippen LogP contribution >= 0.6 is 11.6 Å². The first kappa shape index (κ1) is 18.2. The molecule has 0 bridgehead atoms. The second kappa shape index (κ2) is 8.20. The van der Waals surface area contributed by atoms with Crippen molar-refractivity contribution in [2.75, 3.05) is 30.3 Å². The number of urea groups is 1. The summed E-state index contributed by atoms with van der Waals surface area (Å²) in [7, 11) is 0. The van der Waals surface area contributed by atoms with Crippen molar-refractivity contribution in [2.24, 2.45) is 5.73 Å². The molecule has 0 aliphatic carbocycles. The number of rotatable bonds is 4. The number of piperidine rings is 1. The number of nitrogens with zero attached hydrogens (tertiary/aromatic N) is 3. The molecule has 0 radical (unpaired) electrons. The van der Waals surface area contributed by atoms with Gasteiger partial charge in [0, 0.05) is 19.2 Å². The Labute approximate surface area is 156 Å². The van der Waals surface area contributed by atoms with Crippen LogP contribution in [-0.4, -0.2) is 46.3 Å². The van der Waals surface area contributed by atoms with Crippen LogP contribution < -0.4 is 16.4 Å². The molecule has 0 unspecified atom stereocenters. The Balaban J connectivity index is 1.61. The summed E-state index contributed by atoms with van der Waals surface area (Å²) in [6, 6.07) is 8.48. The van der Waals surface area contributed by atoms with Crippen molar-refractivity contribution < 1.29 is 9.59 Å². The number of likely N-dealkylation sites (tertiary alicyclic amines) is 1. The topological polar surface area (TPSA) is 105 Å². The average molecular weight is 377 g/mol. The number of nitrogens with one attached hydrogen (secondary N) is 2. The van der Waals surface area contributed by atoms with Gasteiger partial charge in [0.1, 0.15) is 5.82 Å². The number of hydrogen-bond acceptors (Lipinski definition) is 4. The zero-order valence-electron chi connectivity index (χ0n) is 14.2. The molecular weight excluding hydrogens is 356 g/mol. The van der Waals surface area contributed by atoms with Crippen molar-refractivity contribution in [3.05, 3.63) is 41.6 Å². The van der Waals surface area contributed by atoms with Crippen molar-refractivity contribution in [3.8, 4) is 0 Å². The summed E-state index contributed by atoms with van der Waals surface area (Å²) in [5.74, 6) is 0.555. The van der Waals surface area contributed by atoms with Crippen LogP contribution in [0.3, 0.4) is 0 Å². The number of carbonyl (C=O) groups is 2. The van der Waals surface area contributed by atoms with Crippen LogP contribution in [0, 0.1) is 0 Å². The van der Waals surface area contributed by atoms with Crippen LogP contribution in [0.25, 0.3) is 0 Å². The van der Waals surface area contributed by atoms with Crippen LogP contribution in [0.5, 0.6) is 0 Å². The lowest BCUT2D eigenvalue weighted by Gasteiger charge is -2.32. The number of anilines is 2. The number of amides is 3. The fourth-order valence-electron chi connectivity index (χ4n) is 3.03. The molecule has 8 nitrogen and oxygen atoms in total. The lowest BCUT2D eigenvalue weighted by atomic mass is 10.1. The summed E-state index contributed by atoms with van der Waals surface area (Å²) in [5.41, 5.74) is 5.95. The molecule has 1 aromatic heterocycles. The van der Waals surface area contributed by atoms with Crippen molar-refractivity contribution in [3.63, 3.8) is 0 Å². The first-order valence-electron chi connectivity index (χ1n) is 8.42. The number of carbonyl (C=O) groups excluding carboxylic acids is 2. The van der Waals surface area contributed by atoms with Crippen LogP contribution in [0.2, 0.25) is 5.02 Å². The van der Waals surface area contributed by atoms with Gasteiger partial charge in [-0.25, -0.2) is 9.48 Å². The van der Waals surface area contributed by atoms with Crippen LogP contribution in [0.4, 0.5) is 16.3 Å². The highest BCUT2D eigenvalue weighted by molar-refractivity contribution is 6.33. The normalized spacial score (nSPS) is 14.9. The van der Waals surface area contributed by atoms with E-state index < -0.39 is 6.03 Å². The van der Waals surface area contributed by atoms with Gasteiger partial charge in [-0.1, -0.05) is 23.7 Å². The van der Waals surface area contributed by atoms with Gasteiger partial charge < -0.3 is 16.0 Å². The Kier molecular flexibility index (Phi) is 5.75. The minimum atomic E-state index is -0.393. The van der Waals surface area contributed by atoms with Crippen molar-refractivity contribution in [2.45, 2.75) is 18.9 Å². The molecule has 138 valence electrons. The maximum atomic E-state index is 12.3. The van der Waals surface area contributed by atoms with Gasteiger partial charge in [0.2, 0.25) is 5.91 Å². The van der Waals surface area contributed by atoms with E-state index in [1.807, 2.05) is 0 Å². The van der Waals surface area contributed by atoms with E-state index in [-0.39, 0.29) is 18.5 Å². The highest BCUT2D eigenvalue weighted by Crippen LogP contribution is 2.26. The largest absolute Gasteiger partial charge is 0.341 e. The predicted octanol–water partition coefficient (Wildman–Crippen LogP) is 2.30.